The second-order valence-corrected chi connectivity index (χ2v) is 41.4. The van der Waals surface area contributed by atoms with Gasteiger partial charge in [-0.15, -0.1) is 0 Å². The number of aromatic nitrogens is 12. The van der Waals surface area contributed by atoms with Crippen LogP contribution in [0.2, 0.25) is 5.02 Å². The second-order valence-electron chi connectivity index (χ2n) is 37.5. The number of aromatic amines is 1. The van der Waals surface area contributed by atoms with Gasteiger partial charge in [-0.25, -0.2) is 79.1 Å². The van der Waals surface area contributed by atoms with E-state index in [1.165, 1.54) is 65.0 Å². The van der Waals surface area contributed by atoms with Gasteiger partial charge in [0, 0.05) is 141 Å². The van der Waals surface area contributed by atoms with Gasteiger partial charge in [-0.3, -0.25) is 70.3 Å². The zero-order chi connectivity index (χ0) is 108. The molecule has 47 heteroatoms. The molecule has 774 valence electrons. The monoisotopic (exact) mass is 2070 g/mol. The number of para-hydroxylation sites is 1. The fourth-order valence-electron chi connectivity index (χ4n) is 13.6. The molecule has 14 aromatic rings. The number of urea groups is 4. The number of carbonyl (C=O) groups is 12. The first kappa shape index (κ1) is 111. The van der Waals surface area contributed by atoms with Gasteiger partial charge < -0.3 is 46.7 Å². The van der Waals surface area contributed by atoms with E-state index in [0.717, 1.165) is 66.9 Å². The Bertz CT molecular complexity index is 7440. The third-order valence-corrected chi connectivity index (χ3v) is 22.9. The van der Waals surface area contributed by atoms with Crippen molar-refractivity contribution in [2.75, 3.05) is 109 Å². The van der Waals surface area contributed by atoms with E-state index in [1.54, 1.807) is 158 Å². The van der Waals surface area contributed by atoms with Crippen LogP contribution in [0.5, 0.6) is 0 Å². The summed E-state index contributed by atoms with van der Waals surface area (Å²) in [5.74, 6) is -1.63. The van der Waals surface area contributed by atoms with E-state index in [1.807, 2.05) is 147 Å². The molecule has 16 amide bonds. The number of carbonyl (C=O) groups excluding carboxylic acids is 12. The molecule has 0 aliphatic heterocycles. The van der Waals surface area contributed by atoms with Crippen molar-refractivity contribution in [1.82, 2.24) is 99.6 Å². The molecule has 0 saturated heterocycles. The van der Waals surface area contributed by atoms with Crippen LogP contribution in [-0.4, -0.2) is 224 Å². The summed E-state index contributed by atoms with van der Waals surface area (Å²) in [7, 11) is -1.54. The number of likely N-dealkylation sites (N-methyl/N-ethyl adjacent to an activating group) is 4. The zero-order valence-electron chi connectivity index (χ0n) is 84.3. The summed E-state index contributed by atoms with van der Waals surface area (Å²) in [5.41, 5.74) is 7.94. The van der Waals surface area contributed by atoms with Crippen LogP contribution in [0.3, 0.4) is 0 Å². The smallest absolute Gasteiger partial charge is 0.326 e. The van der Waals surface area contributed by atoms with Gasteiger partial charge in [0.1, 0.15) is 67.4 Å². The first-order valence-corrected chi connectivity index (χ1v) is 49.9. The molecule has 44 nitrogen and oxygen atoms in total. The molecule has 0 bridgehead atoms. The molecule has 0 aliphatic carbocycles. The van der Waals surface area contributed by atoms with Crippen LogP contribution < -0.4 is 73.2 Å². The summed E-state index contributed by atoms with van der Waals surface area (Å²) in [4.78, 5) is 167. The Labute approximate surface area is 858 Å². The highest BCUT2D eigenvalue weighted by Gasteiger charge is 2.31. The van der Waals surface area contributed by atoms with E-state index < -0.39 is 91.4 Å². The quantitative estimate of drug-likeness (QED) is 0.0239. The lowest BCUT2D eigenvalue weighted by Gasteiger charge is -2.21. The molecule has 0 spiro atoms. The molecule has 0 unspecified atom stereocenters. The van der Waals surface area contributed by atoms with Crippen LogP contribution in [0, 0.1) is 0 Å². The van der Waals surface area contributed by atoms with Crippen LogP contribution in [0.4, 0.5) is 65.5 Å². The van der Waals surface area contributed by atoms with Gasteiger partial charge in [0.2, 0.25) is 43.7 Å². The summed E-state index contributed by atoms with van der Waals surface area (Å²) in [6.45, 7) is 23.0. The number of halogens is 1. The number of pyridine rings is 1. The number of H-pyrrole nitrogens is 1. The van der Waals surface area contributed by atoms with Crippen molar-refractivity contribution in [3.8, 4) is 22.7 Å². The summed E-state index contributed by atoms with van der Waals surface area (Å²) in [5, 5.41) is 53.2. The molecule has 0 aliphatic rings. The summed E-state index contributed by atoms with van der Waals surface area (Å²) < 4.78 is 55.5. The highest BCUT2D eigenvalue weighted by atomic mass is 35.5. The Balaban J connectivity index is 0.000000188. The number of nitrogens with one attached hydrogen (secondary N) is 15. The molecule has 14 rings (SSSR count). The molecular weight excluding hydrogens is 1960 g/mol. The molecule has 7 aromatic carbocycles. The van der Waals surface area contributed by atoms with Crippen molar-refractivity contribution in [2.24, 2.45) is 0 Å². The minimum atomic E-state index is -3.68. The van der Waals surface area contributed by atoms with E-state index in [0.29, 0.717) is 74.1 Å². The number of nitrogens with zero attached hydrogens (tertiary/aromatic N) is 13. The Kier molecular flexibility index (Phi) is 35.8. The minimum absolute atomic E-state index is 0.169. The first-order valence-electron chi connectivity index (χ1n) is 45.8. The molecular formula is C101H115ClN28O16S2. The molecule has 0 saturated carbocycles. The Hall–Kier alpha value is -17.6. The van der Waals surface area contributed by atoms with Gasteiger partial charge in [0.05, 0.1) is 63.6 Å². The van der Waals surface area contributed by atoms with Crippen LogP contribution in [0.15, 0.2) is 231 Å². The van der Waals surface area contributed by atoms with Crippen LogP contribution >= 0.6 is 11.6 Å². The fraction of sp³-hybridized carbons (Fsp3) is 0.257. The molecule has 0 fully saturated rings. The summed E-state index contributed by atoms with van der Waals surface area (Å²) >= 11 is 5.92. The Morgan fingerprint density at radius 1 is 0.358 bits per heavy atom. The maximum absolute atomic E-state index is 13.1. The third-order valence-electron chi connectivity index (χ3n) is 21.5. The predicted octanol–water partition coefficient (Wildman–Crippen LogP) is 13.0. The first-order chi connectivity index (χ1) is 69.7. The fourth-order valence-corrected chi connectivity index (χ4v) is 14.6. The molecule has 148 heavy (non-hydrogen) atoms. The number of fused-ring (bicyclic) bond motifs is 2. The number of hydrogen-bond acceptors (Lipinski definition) is 23. The molecule has 15 N–H and O–H groups in total. The van der Waals surface area contributed by atoms with E-state index in [-0.39, 0.29) is 70.1 Å². The highest BCUT2D eigenvalue weighted by Crippen LogP contribution is 2.34. The van der Waals surface area contributed by atoms with Crippen LogP contribution in [0.1, 0.15) is 147 Å². The van der Waals surface area contributed by atoms with Gasteiger partial charge in [0.15, 0.2) is 0 Å². The van der Waals surface area contributed by atoms with Gasteiger partial charge in [-0.1, -0.05) is 113 Å². The maximum atomic E-state index is 13.1. The largest absolute Gasteiger partial charge is 0.361 e. The van der Waals surface area contributed by atoms with Crippen LogP contribution in [0.25, 0.3) is 44.6 Å². The second kappa shape index (κ2) is 47.8. The van der Waals surface area contributed by atoms with Gasteiger partial charge in [0.25, 0.3) is 23.6 Å². The molecule has 7 heterocycles. The van der Waals surface area contributed by atoms with Gasteiger partial charge >= 0.3 is 24.1 Å². The van der Waals surface area contributed by atoms with E-state index >= 15 is 0 Å². The topological polar surface area (TPSA) is 574 Å². The van der Waals surface area contributed by atoms with Crippen molar-refractivity contribution in [3.05, 3.63) is 281 Å². The normalized spacial score (nSPS) is 11.3. The SMILES string of the molecule is CC(C)(C)c1cc(NC(=O)Nc2ccc3[nH]ccc3c2)n(-c2ccc(C(=O)NS(C)(=O)=O)cc2)n1.CC(C)(C)c1cc(NC(=O)Nc2ccc3ccccc3n2)n(-c2ccc(C(=O)NS(C)(=O)=O)cc2)n1.CNC(=O)CN(CC(=O)NC)C(=O)c1ccc(-n2nc(C(C)(C)C)cc2NC(=O)Nc2ccc(Cl)cc2)cc1.CNC(=O)CN(CC(=O)NC)C(=O)c1ccc(-n2nc(C(C)(C)C)cc2NC(=O)Nc2ccncn2)cc1. The molecule has 0 radical (unpaired) electrons. The van der Waals surface area contributed by atoms with Crippen molar-refractivity contribution < 1.29 is 74.4 Å². The predicted molar refractivity (Wildman–Crippen MR) is 566 cm³/mol. The highest BCUT2D eigenvalue weighted by molar-refractivity contribution is 7.89. The molecule has 0 atom stereocenters. The van der Waals surface area contributed by atoms with E-state index in [4.69, 9.17) is 11.6 Å². The number of sulfonamides is 2. The average molecular weight is 2080 g/mol. The molecule has 7 aromatic heterocycles. The lowest BCUT2D eigenvalue weighted by molar-refractivity contribution is -0.125. The lowest BCUT2D eigenvalue weighted by atomic mass is 9.92. The maximum Gasteiger partial charge on any atom is 0.326 e. The van der Waals surface area contributed by atoms with Crippen molar-refractivity contribution in [3.63, 3.8) is 0 Å². The zero-order valence-corrected chi connectivity index (χ0v) is 86.7. The average Bonchev–Trinajstić information content (AvgIpc) is 1.66. The Morgan fingerprint density at radius 3 is 1.04 bits per heavy atom. The summed E-state index contributed by atoms with van der Waals surface area (Å²) in [6, 6.07) is 57.6. The minimum Gasteiger partial charge on any atom is -0.361 e. The standard InChI is InChI=1S/C27H32ClN7O4.C25H31N9O4.C25H26N6O4S.C24H26N6O4S/c1-27(2,3)21-14-22(32-26(39)31-19-10-8-18(28)9-11-19)35(33-21)20-12-6-17(7-13-20)25(38)34(15-23(36)29-4)16-24(37)30-5;1-25(2,3)18-12-20(31-24(38)30-19-10-11-28-15-29-19)34(32-18)17-8-6-16(7-9-17)23(37)33(13-21(35)26-4)14-22(36)27-5;1-25(2,3)20-15-22(28-24(33)27-21-14-11-16-7-5-6-8-19(16)26-21)31(29-20)18-12-9-17(10-13-18)23(32)30-36(4,34)35;1-24(2,3)20-14-21(27-23(32)26-17-7-10-19-16(13-17)11-12-25-19)30(28-20)18-8-5-15(6-9-18)22(31)29-35(4,33)34/h6-14H,15-16H2,1-5H3,(H,29,36)(H,30,37)(H2,31,32,39);6-12,15H,13-14H2,1-5H3,(H,26,35)(H,27,36)(H2,28,29,30,31,38);5-15H,1-4H3,(H,30,32)(H2,26,27,28,33);5-14,25H,1-4H3,(H,29,31)(H2,26,27,32). The summed E-state index contributed by atoms with van der Waals surface area (Å²) in [6.07, 6.45) is 6.49. The number of anilines is 8. The number of rotatable bonds is 26. The van der Waals surface area contributed by atoms with E-state index in [2.05, 4.69) is 104 Å². The Morgan fingerprint density at radius 2 is 0.696 bits per heavy atom. The number of hydrogen-bond donors (Lipinski definition) is 15. The van der Waals surface area contributed by atoms with Gasteiger partial charge in [-0.2, -0.15) is 20.4 Å². The van der Waals surface area contributed by atoms with Gasteiger partial charge in [-0.05, 0) is 170 Å². The van der Waals surface area contributed by atoms with Crippen molar-refractivity contribution in [2.45, 2.75) is 105 Å². The third kappa shape index (κ3) is 31.5. The number of benzene rings is 7. The van der Waals surface area contributed by atoms with E-state index in [9.17, 15) is 74.4 Å². The van der Waals surface area contributed by atoms with Crippen molar-refractivity contribution >= 4 is 171 Å². The van der Waals surface area contributed by atoms with Crippen LogP contribution in [-0.2, 0) is 60.9 Å². The van der Waals surface area contributed by atoms with Crippen molar-refractivity contribution in [1.29, 1.82) is 0 Å². The number of amides is 16. The lowest BCUT2D eigenvalue weighted by Crippen LogP contribution is -2.44.